The van der Waals surface area contributed by atoms with Gasteiger partial charge in [-0.15, -0.1) is 0 Å². The fourth-order valence-corrected chi connectivity index (χ4v) is 9.49. The molecule has 0 aromatic heterocycles. The molecule has 0 saturated heterocycles. The Labute approximate surface area is 225 Å². The van der Waals surface area contributed by atoms with E-state index in [4.69, 9.17) is 32.4 Å². The van der Waals surface area contributed by atoms with Gasteiger partial charge in [0.1, 0.15) is 12.1 Å². The number of amides is 1. The molecule has 0 heterocycles. The highest BCUT2D eigenvalue weighted by Gasteiger charge is 2.54. The van der Waals surface area contributed by atoms with Gasteiger partial charge in [-0.2, -0.15) is 0 Å². The van der Waals surface area contributed by atoms with Crippen molar-refractivity contribution in [2.45, 2.75) is 69.2 Å². The van der Waals surface area contributed by atoms with Crippen molar-refractivity contribution >= 4 is 53.8 Å². The summed E-state index contributed by atoms with van der Waals surface area (Å²) in [5.41, 5.74) is 0. The SMILES string of the molecule is COC(=O)[C@@H](NC(=O)C(Cl)(Cl)[C@@H](O)[C@H](C)O[Si](c1ccccc1)(c1ccccc1)C(C)(C)C)C(C)C. The zero-order chi connectivity index (χ0) is 27.3. The van der Waals surface area contributed by atoms with Crippen LogP contribution in [0.1, 0.15) is 41.5 Å². The molecule has 6 nitrogen and oxygen atoms in total. The summed E-state index contributed by atoms with van der Waals surface area (Å²) in [4.78, 5) is 25.2. The van der Waals surface area contributed by atoms with E-state index in [9.17, 15) is 14.7 Å². The Balaban J connectivity index is 2.47. The summed E-state index contributed by atoms with van der Waals surface area (Å²) in [6, 6.07) is 18.8. The minimum Gasteiger partial charge on any atom is -0.467 e. The zero-order valence-corrected chi connectivity index (χ0v) is 24.4. The highest BCUT2D eigenvalue weighted by molar-refractivity contribution is 6.99. The van der Waals surface area contributed by atoms with Gasteiger partial charge in [-0.3, -0.25) is 4.79 Å². The molecule has 0 aliphatic carbocycles. The molecule has 0 aliphatic heterocycles. The van der Waals surface area contributed by atoms with E-state index in [-0.39, 0.29) is 11.0 Å². The van der Waals surface area contributed by atoms with Gasteiger partial charge < -0.3 is 19.6 Å². The Morgan fingerprint density at radius 2 is 1.36 bits per heavy atom. The van der Waals surface area contributed by atoms with E-state index in [0.29, 0.717) is 0 Å². The highest BCUT2D eigenvalue weighted by Crippen LogP contribution is 2.39. The molecule has 0 spiro atoms. The minimum atomic E-state index is -3.05. The maximum atomic E-state index is 13.1. The fourth-order valence-electron chi connectivity index (χ4n) is 4.33. The van der Waals surface area contributed by atoms with Crippen molar-refractivity contribution in [2.24, 2.45) is 5.92 Å². The van der Waals surface area contributed by atoms with Crippen molar-refractivity contribution in [3.63, 3.8) is 0 Å². The summed E-state index contributed by atoms with van der Waals surface area (Å²) in [6.45, 7) is 11.4. The number of alkyl halides is 2. The monoisotopic (exact) mass is 553 g/mol. The summed E-state index contributed by atoms with van der Waals surface area (Å²) < 4.78 is 9.33. The third-order valence-corrected chi connectivity index (χ3v) is 12.2. The molecule has 0 bridgehead atoms. The number of hydrogen-bond donors (Lipinski definition) is 2. The molecule has 2 aromatic rings. The maximum Gasteiger partial charge on any atom is 0.328 e. The van der Waals surface area contributed by atoms with Gasteiger partial charge in [-0.25, -0.2) is 4.79 Å². The summed E-state index contributed by atoms with van der Waals surface area (Å²) in [7, 11) is -1.82. The highest BCUT2D eigenvalue weighted by atomic mass is 35.5. The Morgan fingerprint density at radius 1 is 0.917 bits per heavy atom. The molecular weight excluding hydrogens is 517 g/mol. The third-order valence-electron chi connectivity index (χ3n) is 6.31. The lowest BCUT2D eigenvalue weighted by Gasteiger charge is -2.46. The number of aliphatic hydroxyl groups is 1. The average Bonchev–Trinajstić information content (AvgIpc) is 2.84. The molecule has 2 N–H and O–H groups in total. The van der Waals surface area contributed by atoms with Crippen molar-refractivity contribution in [2.75, 3.05) is 7.11 Å². The number of esters is 1. The number of carbonyl (C=O) groups excluding carboxylic acids is 2. The Bertz CT molecular complexity index is 972. The van der Waals surface area contributed by atoms with Crippen molar-refractivity contribution in [3.05, 3.63) is 60.7 Å². The van der Waals surface area contributed by atoms with E-state index in [1.165, 1.54) is 7.11 Å². The number of aliphatic hydroxyl groups excluding tert-OH is 1. The van der Waals surface area contributed by atoms with Crippen LogP contribution in [0.25, 0.3) is 0 Å². The number of benzene rings is 2. The van der Waals surface area contributed by atoms with Crippen molar-refractivity contribution in [3.8, 4) is 0 Å². The van der Waals surface area contributed by atoms with Crippen LogP contribution < -0.4 is 15.7 Å². The molecule has 0 aliphatic rings. The van der Waals surface area contributed by atoms with Gasteiger partial charge in [0.05, 0.1) is 13.2 Å². The Hall–Kier alpha value is -1.90. The number of ether oxygens (including phenoxy) is 1. The first kappa shape index (κ1) is 30.3. The molecule has 0 unspecified atom stereocenters. The second kappa shape index (κ2) is 12.1. The molecule has 0 saturated carbocycles. The van der Waals surface area contributed by atoms with Crippen molar-refractivity contribution < 1.29 is 23.9 Å². The smallest absolute Gasteiger partial charge is 0.328 e. The zero-order valence-electron chi connectivity index (χ0n) is 21.9. The largest absolute Gasteiger partial charge is 0.467 e. The third kappa shape index (κ3) is 6.32. The summed E-state index contributed by atoms with van der Waals surface area (Å²) in [5, 5.41) is 15.4. The van der Waals surface area contributed by atoms with E-state index in [1.807, 2.05) is 60.7 Å². The number of methoxy groups -OCH3 is 1. The second-order valence-corrected chi connectivity index (χ2v) is 15.9. The lowest BCUT2D eigenvalue weighted by Crippen LogP contribution is -2.69. The molecule has 0 radical (unpaired) electrons. The van der Waals surface area contributed by atoms with E-state index in [1.54, 1.807) is 20.8 Å². The van der Waals surface area contributed by atoms with Crippen LogP contribution in [0.4, 0.5) is 0 Å². The maximum absolute atomic E-state index is 13.1. The van der Waals surface area contributed by atoms with E-state index < -0.39 is 42.8 Å². The quantitative estimate of drug-likeness (QED) is 0.265. The number of rotatable bonds is 10. The molecule has 2 rings (SSSR count). The van der Waals surface area contributed by atoms with Crippen LogP contribution in [-0.4, -0.2) is 55.0 Å². The van der Waals surface area contributed by atoms with Crippen LogP contribution >= 0.6 is 23.2 Å². The molecule has 198 valence electrons. The van der Waals surface area contributed by atoms with Gasteiger partial charge >= 0.3 is 5.97 Å². The first-order valence-corrected chi connectivity index (χ1v) is 14.6. The van der Waals surface area contributed by atoms with E-state index in [2.05, 4.69) is 26.1 Å². The number of hydrogen-bond acceptors (Lipinski definition) is 5. The predicted molar refractivity (Wildman–Crippen MR) is 147 cm³/mol. The number of carbonyl (C=O) groups is 2. The molecule has 0 fully saturated rings. The lowest BCUT2D eigenvalue weighted by atomic mass is 10.0. The first-order chi connectivity index (χ1) is 16.7. The van der Waals surface area contributed by atoms with Crippen molar-refractivity contribution in [1.82, 2.24) is 5.32 Å². The van der Waals surface area contributed by atoms with Crippen LogP contribution in [0.2, 0.25) is 5.04 Å². The van der Waals surface area contributed by atoms with Gasteiger partial charge in [0, 0.05) is 0 Å². The summed E-state index contributed by atoms with van der Waals surface area (Å²) in [5.74, 6) is -1.82. The molecule has 3 atom stereocenters. The van der Waals surface area contributed by atoms with Crippen molar-refractivity contribution in [1.29, 1.82) is 0 Å². The minimum absolute atomic E-state index is 0.284. The van der Waals surface area contributed by atoms with Crippen LogP contribution in [0.3, 0.4) is 0 Å². The molecule has 1 amide bonds. The first-order valence-electron chi connectivity index (χ1n) is 11.9. The fraction of sp³-hybridized carbons (Fsp3) is 0.481. The molecule has 9 heteroatoms. The molecule has 36 heavy (non-hydrogen) atoms. The summed E-state index contributed by atoms with van der Waals surface area (Å²) >= 11 is 12.9. The standard InChI is InChI=1S/C27H37Cl2NO5Si/c1-18(2)22(24(32)34-7)30-25(33)27(28,29)23(31)19(3)35-36(26(4,5)6,20-14-10-8-11-15-20)21-16-12-9-13-17-21/h8-19,22-23,31H,1-7H3,(H,30,33)/t19-,22-,23-/m0/s1. The van der Waals surface area contributed by atoms with Gasteiger partial charge in [0.2, 0.25) is 4.33 Å². The molecular formula is C27H37Cl2NO5Si. The summed E-state index contributed by atoms with van der Waals surface area (Å²) in [6.07, 6.45) is -2.54. The Kier molecular flexibility index (Phi) is 10.2. The van der Waals surface area contributed by atoms with Gasteiger partial charge in [-0.1, -0.05) is 118 Å². The van der Waals surface area contributed by atoms with Crippen LogP contribution in [0, 0.1) is 5.92 Å². The van der Waals surface area contributed by atoms with Gasteiger partial charge in [0.15, 0.2) is 0 Å². The molecule has 2 aromatic carbocycles. The average molecular weight is 555 g/mol. The van der Waals surface area contributed by atoms with Gasteiger partial charge in [0.25, 0.3) is 14.2 Å². The van der Waals surface area contributed by atoms with E-state index >= 15 is 0 Å². The topological polar surface area (TPSA) is 84.9 Å². The van der Waals surface area contributed by atoms with Gasteiger partial charge in [-0.05, 0) is 28.3 Å². The number of halogens is 2. The van der Waals surface area contributed by atoms with Crippen LogP contribution in [0.5, 0.6) is 0 Å². The normalized spacial score (nSPS) is 15.2. The lowest BCUT2D eigenvalue weighted by molar-refractivity contribution is -0.147. The van der Waals surface area contributed by atoms with Crippen LogP contribution in [0.15, 0.2) is 60.7 Å². The van der Waals surface area contributed by atoms with Crippen LogP contribution in [-0.2, 0) is 18.8 Å². The second-order valence-electron chi connectivity index (χ2n) is 10.3. The van der Waals surface area contributed by atoms with E-state index in [0.717, 1.165) is 10.4 Å². The Morgan fingerprint density at radius 3 is 1.72 bits per heavy atom. The number of nitrogens with one attached hydrogen (secondary N) is 1. The predicted octanol–water partition coefficient (Wildman–Crippen LogP) is 3.80.